The van der Waals surface area contributed by atoms with Gasteiger partial charge < -0.3 is 5.11 Å². The molecule has 1 heterocycles. The van der Waals surface area contributed by atoms with E-state index in [1.807, 2.05) is 0 Å². The van der Waals surface area contributed by atoms with Crippen LogP contribution in [-0.2, 0) is 0 Å². The number of aliphatic hydroxyl groups excluding tert-OH is 1. The lowest BCUT2D eigenvalue weighted by Crippen LogP contribution is -2.17. The molecule has 4 heteroatoms. The Morgan fingerprint density at radius 1 is 1.67 bits per heavy atom. The highest BCUT2D eigenvalue weighted by molar-refractivity contribution is 5.97. The first-order valence-corrected chi connectivity index (χ1v) is 3.45. The molecule has 0 bridgehead atoms. The van der Waals surface area contributed by atoms with E-state index >= 15 is 0 Å². The minimum Gasteiger partial charge on any atom is -0.385 e. The summed E-state index contributed by atoms with van der Waals surface area (Å²) in [5.41, 5.74) is 0.0754. The van der Waals surface area contributed by atoms with Gasteiger partial charge in [0.05, 0.1) is 6.20 Å². The number of carbonyl (C=O) groups excluding carboxylic acids is 1. The molecule has 0 aliphatic carbocycles. The van der Waals surface area contributed by atoms with Crippen molar-refractivity contribution >= 4 is 5.78 Å². The molecule has 1 N–H and O–H groups in total. The van der Waals surface area contributed by atoms with E-state index in [0.29, 0.717) is 0 Å². The van der Waals surface area contributed by atoms with Gasteiger partial charge in [0.1, 0.15) is 17.6 Å². The van der Waals surface area contributed by atoms with E-state index in [0.717, 1.165) is 12.3 Å². The van der Waals surface area contributed by atoms with Gasteiger partial charge in [-0.05, 0) is 19.1 Å². The van der Waals surface area contributed by atoms with Crippen molar-refractivity contribution in [2.75, 3.05) is 0 Å². The van der Waals surface area contributed by atoms with Gasteiger partial charge in [-0.15, -0.1) is 0 Å². The summed E-state index contributed by atoms with van der Waals surface area (Å²) in [6.45, 7) is 1.34. The maximum Gasteiger partial charge on any atom is 0.209 e. The monoisotopic (exact) mass is 169 g/mol. The van der Waals surface area contributed by atoms with E-state index in [9.17, 15) is 9.18 Å². The lowest BCUT2D eigenvalue weighted by molar-refractivity contribution is 0.0774. The molecular weight excluding hydrogens is 161 g/mol. The van der Waals surface area contributed by atoms with Crippen LogP contribution in [0.15, 0.2) is 18.3 Å². The third-order valence-corrected chi connectivity index (χ3v) is 1.36. The van der Waals surface area contributed by atoms with Crippen molar-refractivity contribution in [3.8, 4) is 0 Å². The van der Waals surface area contributed by atoms with Crippen molar-refractivity contribution in [1.82, 2.24) is 4.98 Å². The SMILES string of the molecule is CC(O)C(=O)c1ccc(F)cn1. The van der Waals surface area contributed by atoms with E-state index in [1.165, 1.54) is 13.0 Å². The summed E-state index contributed by atoms with van der Waals surface area (Å²) in [6.07, 6.45) is -0.154. The standard InChI is InChI=1S/C8H8FNO2/c1-5(11)8(12)7-3-2-6(9)4-10-7/h2-5,11H,1H3. The maximum absolute atomic E-state index is 12.3. The van der Waals surface area contributed by atoms with E-state index in [2.05, 4.69) is 4.98 Å². The number of pyridine rings is 1. The van der Waals surface area contributed by atoms with Crippen LogP contribution in [0.4, 0.5) is 4.39 Å². The lowest BCUT2D eigenvalue weighted by atomic mass is 10.2. The number of aromatic nitrogens is 1. The third-order valence-electron chi connectivity index (χ3n) is 1.36. The Labute approximate surface area is 68.9 Å². The zero-order valence-electron chi connectivity index (χ0n) is 6.49. The number of rotatable bonds is 2. The molecule has 1 rings (SSSR count). The molecule has 1 aromatic rings. The van der Waals surface area contributed by atoms with Crippen LogP contribution in [0, 0.1) is 5.82 Å². The van der Waals surface area contributed by atoms with Crippen molar-refractivity contribution in [1.29, 1.82) is 0 Å². The van der Waals surface area contributed by atoms with Crippen LogP contribution in [-0.4, -0.2) is 22.0 Å². The van der Waals surface area contributed by atoms with E-state index < -0.39 is 17.7 Å². The maximum atomic E-state index is 12.3. The van der Waals surface area contributed by atoms with Crippen LogP contribution in [0.25, 0.3) is 0 Å². The normalized spacial score (nSPS) is 12.6. The first-order valence-electron chi connectivity index (χ1n) is 3.45. The van der Waals surface area contributed by atoms with Gasteiger partial charge in [0.25, 0.3) is 0 Å². The van der Waals surface area contributed by atoms with Crippen molar-refractivity contribution < 1.29 is 14.3 Å². The smallest absolute Gasteiger partial charge is 0.209 e. The number of aliphatic hydroxyl groups is 1. The van der Waals surface area contributed by atoms with E-state index in [-0.39, 0.29) is 5.69 Å². The highest BCUT2D eigenvalue weighted by Crippen LogP contribution is 2.01. The summed E-state index contributed by atoms with van der Waals surface area (Å²) in [7, 11) is 0. The van der Waals surface area contributed by atoms with Crippen molar-refractivity contribution in [3.05, 3.63) is 29.8 Å². The topological polar surface area (TPSA) is 50.2 Å². The molecule has 0 aliphatic heterocycles. The van der Waals surface area contributed by atoms with Gasteiger partial charge in [0, 0.05) is 0 Å². The van der Waals surface area contributed by atoms with Gasteiger partial charge in [-0.3, -0.25) is 4.79 Å². The van der Waals surface area contributed by atoms with Gasteiger partial charge in [-0.2, -0.15) is 0 Å². The van der Waals surface area contributed by atoms with Gasteiger partial charge in [-0.1, -0.05) is 0 Å². The second-order valence-electron chi connectivity index (χ2n) is 2.40. The molecule has 0 saturated heterocycles. The molecular formula is C8H8FNO2. The van der Waals surface area contributed by atoms with Crippen LogP contribution in [0.2, 0.25) is 0 Å². The second kappa shape index (κ2) is 3.40. The van der Waals surface area contributed by atoms with Gasteiger partial charge in [0.2, 0.25) is 5.78 Å². The number of Topliss-reactive ketones (excluding diaryl/α,β-unsaturated/α-hetero) is 1. The Balaban J connectivity index is 2.90. The molecule has 0 spiro atoms. The molecule has 3 nitrogen and oxygen atoms in total. The summed E-state index contributed by atoms with van der Waals surface area (Å²) in [5, 5.41) is 8.86. The largest absolute Gasteiger partial charge is 0.385 e. The van der Waals surface area contributed by atoms with Gasteiger partial charge in [0.15, 0.2) is 0 Å². The molecule has 0 fully saturated rings. The van der Waals surface area contributed by atoms with Crippen molar-refractivity contribution in [2.24, 2.45) is 0 Å². The van der Waals surface area contributed by atoms with Crippen LogP contribution in [0.1, 0.15) is 17.4 Å². The Morgan fingerprint density at radius 3 is 2.75 bits per heavy atom. The van der Waals surface area contributed by atoms with Crippen molar-refractivity contribution in [2.45, 2.75) is 13.0 Å². The molecule has 0 aliphatic rings. The number of hydrogen-bond donors (Lipinski definition) is 1. The van der Waals surface area contributed by atoms with Crippen molar-refractivity contribution in [3.63, 3.8) is 0 Å². The fourth-order valence-corrected chi connectivity index (χ4v) is 0.736. The predicted molar refractivity (Wildman–Crippen MR) is 40.2 cm³/mol. The zero-order valence-corrected chi connectivity index (χ0v) is 6.49. The Bertz CT molecular complexity index is 282. The second-order valence-corrected chi connectivity index (χ2v) is 2.40. The zero-order chi connectivity index (χ0) is 9.14. The first-order chi connectivity index (χ1) is 5.61. The van der Waals surface area contributed by atoms with Crippen LogP contribution >= 0.6 is 0 Å². The summed E-state index contributed by atoms with van der Waals surface area (Å²) >= 11 is 0. The first kappa shape index (κ1) is 8.80. The molecule has 0 radical (unpaired) electrons. The lowest BCUT2D eigenvalue weighted by Gasteiger charge is -2.00. The minimum absolute atomic E-state index is 0.0754. The number of ketones is 1. The molecule has 1 atom stereocenters. The number of carbonyl (C=O) groups is 1. The number of nitrogens with zero attached hydrogens (tertiary/aromatic N) is 1. The van der Waals surface area contributed by atoms with E-state index in [4.69, 9.17) is 5.11 Å². The van der Waals surface area contributed by atoms with Crippen LogP contribution in [0.3, 0.4) is 0 Å². The molecule has 64 valence electrons. The highest BCUT2D eigenvalue weighted by atomic mass is 19.1. The molecule has 0 aromatic carbocycles. The summed E-state index contributed by atoms with van der Waals surface area (Å²) in [4.78, 5) is 14.5. The van der Waals surface area contributed by atoms with Crippen LogP contribution < -0.4 is 0 Å². The van der Waals surface area contributed by atoms with Crippen LogP contribution in [0.5, 0.6) is 0 Å². The molecule has 1 unspecified atom stereocenters. The minimum atomic E-state index is -1.09. The fourth-order valence-electron chi connectivity index (χ4n) is 0.736. The van der Waals surface area contributed by atoms with Gasteiger partial charge >= 0.3 is 0 Å². The highest BCUT2D eigenvalue weighted by Gasteiger charge is 2.12. The number of halogens is 1. The average Bonchev–Trinajstić information content (AvgIpc) is 2.04. The fraction of sp³-hybridized carbons (Fsp3) is 0.250. The molecule has 12 heavy (non-hydrogen) atoms. The molecule has 0 amide bonds. The average molecular weight is 169 g/mol. The summed E-state index contributed by atoms with van der Waals surface area (Å²) in [5.74, 6) is -1.01. The van der Waals surface area contributed by atoms with E-state index in [1.54, 1.807) is 0 Å². The summed E-state index contributed by atoms with van der Waals surface area (Å²) < 4.78 is 12.3. The Hall–Kier alpha value is -1.29. The molecule has 1 aromatic heterocycles. The Kier molecular flexibility index (Phi) is 2.50. The number of hydrogen-bond acceptors (Lipinski definition) is 3. The Morgan fingerprint density at radius 2 is 2.33 bits per heavy atom. The predicted octanol–water partition coefficient (Wildman–Crippen LogP) is 0.784. The molecule has 0 saturated carbocycles. The van der Waals surface area contributed by atoms with Gasteiger partial charge in [-0.25, -0.2) is 9.37 Å². The quantitative estimate of drug-likeness (QED) is 0.665. The third kappa shape index (κ3) is 1.85. The summed E-state index contributed by atoms with van der Waals surface area (Å²) in [6, 6.07) is 2.37.